The highest BCUT2D eigenvalue weighted by atomic mass is 32.1. The fourth-order valence-electron chi connectivity index (χ4n) is 2.12. The van der Waals surface area contributed by atoms with Crippen molar-refractivity contribution in [1.82, 2.24) is 10.3 Å². The van der Waals surface area contributed by atoms with Crippen molar-refractivity contribution >= 4 is 11.3 Å². The van der Waals surface area contributed by atoms with Crippen LogP contribution in [0.3, 0.4) is 0 Å². The molecule has 84 valence electrons. The van der Waals surface area contributed by atoms with Crippen LogP contribution in [0.4, 0.5) is 0 Å². The molecule has 1 aliphatic heterocycles. The highest BCUT2D eigenvalue weighted by Crippen LogP contribution is 2.24. The molecule has 1 fully saturated rings. The number of aryl methyl sites for hydroxylation is 1. The Bertz CT molecular complexity index is 316. The molecule has 1 aromatic rings. The standard InChI is InChI=1S/C11H18N2OS/c1-9-13-10(8-15-9)7-11(14)3-2-5-12-6-4-11/h8,12,14H,2-7H2,1H3. The summed E-state index contributed by atoms with van der Waals surface area (Å²) in [7, 11) is 0. The van der Waals surface area contributed by atoms with Crippen LogP contribution < -0.4 is 5.32 Å². The molecule has 0 saturated carbocycles. The molecule has 0 radical (unpaired) electrons. The summed E-state index contributed by atoms with van der Waals surface area (Å²) in [5, 5.41) is 16.9. The van der Waals surface area contributed by atoms with E-state index in [2.05, 4.69) is 15.7 Å². The molecule has 3 nitrogen and oxygen atoms in total. The van der Waals surface area contributed by atoms with Crippen molar-refractivity contribution in [1.29, 1.82) is 0 Å². The molecule has 1 aliphatic rings. The molecule has 2 heterocycles. The van der Waals surface area contributed by atoms with Gasteiger partial charge in [0.05, 0.1) is 16.3 Å². The van der Waals surface area contributed by atoms with Gasteiger partial charge in [0.15, 0.2) is 0 Å². The largest absolute Gasteiger partial charge is 0.389 e. The predicted octanol–water partition coefficient (Wildman–Crippen LogP) is 1.50. The Morgan fingerprint density at radius 3 is 3.13 bits per heavy atom. The summed E-state index contributed by atoms with van der Waals surface area (Å²) in [6.07, 6.45) is 3.48. The minimum atomic E-state index is -0.538. The highest BCUT2D eigenvalue weighted by Gasteiger charge is 2.28. The normalized spacial score (nSPS) is 27.6. The third-order valence-electron chi connectivity index (χ3n) is 2.94. The van der Waals surface area contributed by atoms with E-state index in [0.29, 0.717) is 6.42 Å². The number of aliphatic hydroxyl groups is 1. The molecule has 0 bridgehead atoms. The first-order valence-corrected chi connectivity index (χ1v) is 6.40. The van der Waals surface area contributed by atoms with Gasteiger partial charge in [-0.2, -0.15) is 0 Å². The van der Waals surface area contributed by atoms with Gasteiger partial charge in [0, 0.05) is 11.8 Å². The highest BCUT2D eigenvalue weighted by molar-refractivity contribution is 7.09. The van der Waals surface area contributed by atoms with Crippen LogP contribution in [-0.2, 0) is 6.42 Å². The Kier molecular flexibility index (Phi) is 3.38. The van der Waals surface area contributed by atoms with Crippen molar-refractivity contribution in [2.45, 2.75) is 38.2 Å². The fraction of sp³-hybridized carbons (Fsp3) is 0.727. The second-order valence-electron chi connectivity index (χ2n) is 4.36. The molecular formula is C11H18N2OS. The zero-order chi connectivity index (χ0) is 10.7. The number of hydrogen-bond donors (Lipinski definition) is 2. The minimum Gasteiger partial charge on any atom is -0.389 e. The smallest absolute Gasteiger partial charge is 0.0897 e. The lowest BCUT2D eigenvalue weighted by atomic mass is 9.90. The summed E-state index contributed by atoms with van der Waals surface area (Å²) in [5.74, 6) is 0. The number of rotatable bonds is 2. The summed E-state index contributed by atoms with van der Waals surface area (Å²) >= 11 is 1.66. The molecule has 0 aromatic carbocycles. The predicted molar refractivity (Wildman–Crippen MR) is 62.2 cm³/mol. The third kappa shape index (κ3) is 3.00. The van der Waals surface area contributed by atoms with E-state index in [1.165, 1.54) is 0 Å². The summed E-state index contributed by atoms with van der Waals surface area (Å²) in [6.45, 7) is 3.95. The number of thiazole rings is 1. The lowest BCUT2D eigenvalue weighted by Gasteiger charge is -2.25. The number of nitrogens with zero attached hydrogens (tertiary/aromatic N) is 1. The number of hydrogen-bond acceptors (Lipinski definition) is 4. The first-order valence-electron chi connectivity index (χ1n) is 5.52. The maximum Gasteiger partial charge on any atom is 0.0897 e. The van der Waals surface area contributed by atoms with Gasteiger partial charge >= 0.3 is 0 Å². The summed E-state index contributed by atoms with van der Waals surface area (Å²) in [4.78, 5) is 4.42. The van der Waals surface area contributed by atoms with Crippen molar-refractivity contribution < 1.29 is 5.11 Å². The van der Waals surface area contributed by atoms with E-state index < -0.39 is 5.60 Å². The van der Waals surface area contributed by atoms with E-state index in [1.807, 2.05) is 6.92 Å². The van der Waals surface area contributed by atoms with E-state index in [4.69, 9.17) is 0 Å². The quantitative estimate of drug-likeness (QED) is 0.803. The Morgan fingerprint density at radius 2 is 2.40 bits per heavy atom. The van der Waals surface area contributed by atoms with Gasteiger partial charge in [-0.25, -0.2) is 4.98 Å². The molecule has 2 rings (SSSR count). The number of nitrogens with one attached hydrogen (secondary N) is 1. The minimum absolute atomic E-state index is 0.538. The van der Waals surface area contributed by atoms with Crippen LogP contribution in [0.25, 0.3) is 0 Å². The van der Waals surface area contributed by atoms with E-state index in [9.17, 15) is 5.11 Å². The van der Waals surface area contributed by atoms with Gasteiger partial charge in [-0.1, -0.05) is 0 Å². The van der Waals surface area contributed by atoms with Crippen LogP contribution in [0.2, 0.25) is 0 Å². The van der Waals surface area contributed by atoms with Gasteiger partial charge in [-0.3, -0.25) is 0 Å². The molecule has 15 heavy (non-hydrogen) atoms. The molecule has 1 unspecified atom stereocenters. The zero-order valence-corrected chi connectivity index (χ0v) is 9.94. The van der Waals surface area contributed by atoms with Crippen molar-refractivity contribution in [3.63, 3.8) is 0 Å². The Hall–Kier alpha value is -0.450. The van der Waals surface area contributed by atoms with Gasteiger partial charge in [0.2, 0.25) is 0 Å². The fourth-order valence-corrected chi connectivity index (χ4v) is 2.73. The van der Waals surface area contributed by atoms with Gasteiger partial charge < -0.3 is 10.4 Å². The van der Waals surface area contributed by atoms with Crippen LogP contribution in [0.1, 0.15) is 30.0 Å². The van der Waals surface area contributed by atoms with Gasteiger partial charge in [0.25, 0.3) is 0 Å². The summed E-state index contributed by atoms with van der Waals surface area (Å²) in [5.41, 5.74) is 0.506. The molecule has 2 N–H and O–H groups in total. The molecule has 1 atom stereocenters. The average Bonchev–Trinajstić information content (AvgIpc) is 2.46. The SMILES string of the molecule is Cc1nc(CC2(O)CCCNCC2)cs1. The second-order valence-corrected chi connectivity index (χ2v) is 5.42. The van der Waals surface area contributed by atoms with E-state index in [-0.39, 0.29) is 0 Å². The van der Waals surface area contributed by atoms with Crippen molar-refractivity contribution in [2.75, 3.05) is 13.1 Å². The van der Waals surface area contributed by atoms with Crippen LogP contribution in [-0.4, -0.2) is 28.8 Å². The van der Waals surface area contributed by atoms with E-state index in [0.717, 1.165) is 43.1 Å². The second kappa shape index (κ2) is 4.60. The molecule has 0 spiro atoms. The topological polar surface area (TPSA) is 45.2 Å². The molecule has 1 saturated heterocycles. The zero-order valence-electron chi connectivity index (χ0n) is 9.12. The maximum absolute atomic E-state index is 10.4. The Morgan fingerprint density at radius 1 is 1.53 bits per heavy atom. The monoisotopic (exact) mass is 226 g/mol. The Balaban J connectivity index is 2.02. The van der Waals surface area contributed by atoms with Crippen LogP contribution in [0.15, 0.2) is 5.38 Å². The van der Waals surface area contributed by atoms with E-state index >= 15 is 0 Å². The van der Waals surface area contributed by atoms with Gasteiger partial charge in [0.1, 0.15) is 0 Å². The summed E-state index contributed by atoms with van der Waals surface area (Å²) < 4.78 is 0. The van der Waals surface area contributed by atoms with E-state index in [1.54, 1.807) is 11.3 Å². The molecule has 4 heteroatoms. The molecule has 1 aromatic heterocycles. The molecule has 0 amide bonds. The lowest BCUT2D eigenvalue weighted by molar-refractivity contribution is 0.0277. The summed E-state index contributed by atoms with van der Waals surface area (Å²) in [6, 6.07) is 0. The van der Waals surface area contributed by atoms with Crippen molar-refractivity contribution in [3.05, 3.63) is 16.1 Å². The van der Waals surface area contributed by atoms with Crippen LogP contribution in [0, 0.1) is 6.92 Å². The van der Waals surface area contributed by atoms with Gasteiger partial charge in [-0.05, 0) is 39.3 Å². The average molecular weight is 226 g/mol. The first kappa shape index (κ1) is 11.0. The van der Waals surface area contributed by atoms with Crippen molar-refractivity contribution in [3.8, 4) is 0 Å². The number of aromatic nitrogens is 1. The molecule has 0 aliphatic carbocycles. The van der Waals surface area contributed by atoms with Crippen LogP contribution >= 0.6 is 11.3 Å². The van der Waals surface area contributed by atoms with Crippen LogP contribution in [0.5, 0.6) is 0 Å². The van der Waals surface area contributed by atoms with Gasteiger partial charge in [-0.15, -0.1) is 11.3 Å². The lowest BCUT2D eigenvalue weighted by Crippen LogP contribution is -2.32. The molecular weight excluding hydrogens is 208 g/mol. The third-order valence-corrected chi connectivity index (χ3v) is 3.76. The maximum atomic E-state index is 10.4. The van der Waals surface area contributed by atoms with Crippen molar-refractivity contribution in [2.24, 2.45) is 0 Å². The first-order chi connectivity index (χ1) is 7.18. The Labute approximate surface area is 94.5 Å².